The molecule has 0 amide bonds. The Kier molecular flexibility index (Phi) is 4.60. The molecule has 2 rings (SSSR count). The second-order valence-corrected chi connectivity index (χ2v) is 5.63. The minimum atomic E-state index is -1.03. The second kappa shape index (κ2) is 6.19. The van der Waals surface area contributed by atoms with Crippen molar-refractivity contribution in [2.24, 2.45) is 0 Å². The van der Waals surface area contributed by atoms with Crippen molar-refractivity contribution in [3.05, 3.63) is 11.9 Å². The molecule has 0 bridgehead atoms. The SMILES string of the molecule is CSC1CCC(NCCn2cc(C(=O)O)nn2)C1. The van der Waals surface area contributed by atoms with E-state index in [9.17, 15) is 4.79 Å². The summed E-state index contributed by atoms with van der Waals surface area (Å²) < 4.78 is 1.57. The van der Waals surface area contributed by atoms with Gasteiger partial charge >= 0.3 is 5.97 Å². The fourth-order valence-electron chi connectivity index (χ4n) is 2.23. The first kappa shape index (κ1) is 13.4. The fraction of sp³-hybridized carbons (Fsp3) is 0.727. The van der Waals surface area contributed by atoms with Crippen molar-refractivity contribution < 1.29 is 9.90 Å². The molecule has 7 heteroatoms. The van der Waals surface area contributed by atoms with Gasteiger partial charge in [-0.15, -0.1) is 5.10 Å². The Labute approximate surface area is 110 Å². The van der Waals surface area contributed by atoms with Gasteiger partial charge in [0.25, 0.3) is 0 Å². The quantitative estimate of drug-likeness (QED) is 0.797. The average molecular weight is 270 g/mol. The van der Waals surface area contributed by atoms with Crippen molar-refractivity contribution >= 4 is 17.7 Å². The molecule has 18 heavy (non-hydrogen) atoms. The van der Waals surface area contributed by atoms with Gasteiger partial charge in [-0.1, -0.05) is 5.21 Å². The molecule has 1 fully saturated rings. The number of aromatic carboxylic acids is 1. The summed E-state index contributed by atoms with van der Waals surface area (Å²) >= 11 is 1.94. The summed E-state index contributed by atoms with van der Waals surface area (Å²) in [5.74, 6) is -1.03. The molecule has 1 heterocycles. The van der Waals surface area contributed by atoms with Gasteiger partial charge in [0.05, 0.1) is 12.7 Å². The van der Waals surface area contributed by atoms with Crippen molar-refractivity contribution in [2.75, 3.05) is 12.8 Å². The van der Waals surface area contributed by atoms with E-state index in [0.29, 0.717) is 12.6 Å². The lowest BCUT2D eigenvalue weighted by atomic mass is 10.2. The highest BCUT2D eigenvalue weighted by Crippen LogP contribution is 2.27. The number of hydrogen-bond donors (Lipinski definition) is 2. The van der Waals surface area contributed by atoms with Crippen LogP contribution in [0.25, 0.3) is 0 Å². The van der Waals surface area contributed by atoms with Gasteiger partial charge in [-0.25, -0.2) is 4.79 Å². The summed E-state index contributed by atoms with van der Waals surface area (Å²) in [6.45, 7) is 1.45. The largest absolute Gasteiger partial charge is 0.476 e. The van der Waals surface area contributed by atoms with Crippen LogP contribution in [-0.4, -0.2) is 50.2 Å². The van der Waals surface area contributed by atoms with Crippen molar-refractivity contribution in [2.45, 2.75) is 37.1 Å². The van der Waals surface area contributed by atoms with Gasteiger partial charge in [-0.2, -0.15) is 11.8 Å². The molecule has 2 N–H and O–H groups in total. The normalized spacial score (nSPS) is 23.4. The van der Waals surface area contributed by atoms with Crippen LogP contribution in [0.2, 0.25) is 0 Å². The molecule has 6 nitrogen and oxygen atoms in total. The van der Waals surface area contributed by atoms with Crippen LogP contribution in [0.15, 0.2) is 6.20 Å². The monoisotopic (exact) mass is 270 g/mol. The number of rotatable bonds is 6. The van der Waals surface area contributed by atoms with E-state index in [0.717, 1.165) is 11.8 Å². The molecule has 0 aliphatic heterocycles. The molecule has 0 aromatic carbocycles. The Morgan fingerprint density at radius 2 is 2.50 bits per heavy atom. The lowest BCUT2D eigenvalue weighted by Crippen LogP contribution is -2.30. The number of carbonyl (C=O) groups is 1. The van der Waals surface area contributed by atoms with Crippen LogP contribution < -0.4 is 5.32 Å². The second-order valence-electron chi connectivity index (χ2n) is 4.49. The number of aromatic nitrogens is 3. The molecule has 0 saturated heterocycles. The maximum atomic E-state index is 10.6. The van der Waals surface area contributed by atoms with Crippen LogP contribution in [0.3, 0.4) is 0 Å². The Morgan fingerprint density at radius 1 is 1.67 bits per heavy atom. The van der Waals surface area contributed by atoms with Crippen molar-refractivity contribution in [1.82, 2.24) is 20.3 Å². The molecule has 1 aromatic heterocycles. The molecule has 1 aromatic rings. The maximum Gasteiger partial charge on any atom is 0.358 e. The maximum absolute atomic E-state index is 10.6. The first-order valence-electron chi connectivity index (χ1n) is 6.08. The number of carboxylic acid groups (broad SMARTS) is 1. The zero-order valence-electron chi connectivity index (χ0n) is 10.4. The molecule has 1 aliphatic carbocycles. The Morgan fingerprint density at radius 3 is 3.11 bits per heavy atom. The first-order valence-corrected chi connectivity index (χ1v) is 7.37. The highest BCUT2D eigenvalue weighted by Gasteiger charge is 2.23. The minimum Gasteiger partial charge on any atom is -0.476 e. The molecular weight excluding hydrogens is 252 g/mol. The minimum absolute atomic E-state index is 0.00156. The van der Waals surface area contributed by atoms with Crippen LogP contribution in [0.1, 0.15) is 29.8 Å². The average Bonchev–Trinajstić information content (AvgIpc) is 2.97. The van der Waals surface area contributed by atoms with Gasteiger partial charge in [0, 0.05) is 17.8 Å². The predicted molar refractivity (Wildman–Crippen MR) is 69.9 cm³/mol. The van der Waals surface area contributed by atoms with Gasteiger partial charge in [0.15, 0.2) is 5.69 Å². The third-order valence-electron chi connectivity index (χ3n) is 3.25. The predicted octanol–water partition coefficient (Wildman–Crippen LogP) is 0.850. The highest BCUT2D eigenvalue weighted by molar-refractivity contribution is 7.99. The Balaban J connectivity index is 1.70. The molecule has 2 unspecified atom stereocenters. The van der Waals surface area contributed by atoms with Crippen LogP contribution in [-0.2, 0) is 6.54 Å². The number of carboxylic acids is 1. The first-order chi connectivity index (χ1) is 8.69. The van der Waals surface area contributed by atoms with E-state index < -0.39 is 5.97 Å². The topological polar surface area (TPSA) is 80.0 Å². The van der Waals surface area contributed by atoms with Crippen molar-refractivity contribution in [3.8, 4) is 0 Å². The summed E-state index contributed by atoms with van der Waals surface area (Å²) in [6.07, 6.45) is 7.35. The summed E-state index contributed by atoms with van der Waals surface area (Å²) in [7, 11) is 0. The molecule has 1 saturated carbocycles. The fourth-order valence-corrected chi connectivity index (χ4v) is 3.03. The van der Waals surface area contributed by atoms with E-state index in [1.54, 1.807) is 4.68 Å². The summed E-state index contributed by atoms with van der Waals surface area (Å²) in [5, 5.41) is 20.3. The molecule has 1 aliphatic rings. The molecule has 2 atom stereocenters. The van der Waals surface area contributed by atoms with E-state index in [1.165, 1.54) is 25.5 Å². The Hall–Kier alpha value is -1.08. The van der Waals surface area contributed by atoms with Crippen molar-refractivity contribution in [3.63, 3.8) is 0 Å². The van der Waals surface area contributed by atoms with E-state index in [4.69, 9.17) is 5.11 Å². The molecular formula is C11H18N4O2S. The van der Waals surface area contributed by atoms with Gasteiger partial charge in [0.2, 0.25) is 0 Å². The van der Waals surface area contributed by atoms with Gasteiger partial charge in [-0.05, 0) is 25.5 Å². The zero-order valence-corrected chi connectivity index (χ0v) is 11.2. The molecule has 0 radical (unpaired) electrons. The van der Waals surface area contributed by atoms with E-state index in [1.807, 2.05) is 11.8 Å². The smallest absolute Gasteiger partial charge is 0.358 e. The van der Waals surface area contributed by atoms with E-state index in [2.05, 4.69) is 21.9 Å². The van der Waals surface area contributed by atoms with Gasteiger partial charge in [-0.3, -0.25) is 4.68 Å². The third-order valence-corrected chi connectivity index (χ3v) is 4.34. The third kappa shape index (κ3) is 3.46. The van der Waals surface area contributed by atoms with Crippen LogP contribution in [0.5, 0.6) is 0 Å². The van der Waals surface area contributed by atoms with E-state index in [-0.39, 0.29) is 5.69 Å². The lowest BCUT2D eigenvalue weighted by molar-refractivity contribution is 0.0690. The molecule has 100 valence electrons. The number of hydrogen-bond acceptors (Lipinski definition) is 5. The van der Waals surface area contributed by atoms with Gasteiger partial charge in [0.1, 0.15) is 0 Å². The summed E-state index contributed by atoms with van der Waals surface area (Å²) in [4.78, 5) is 10.6. The standard InChI is InChI=1S/C11H18N4O2S/c1-18-9-3-2-8(6-9)12-4-5-15-7-10(11(16)17)13-14-15/h7-9,12H,2-6H2,1H3,(H,16,17). The zero-order chi connectivity index (χ0) is 13.0. The number of nitrogens with zero attached hydrogens (tertiary/aromatic N) is 3. The van der Waals surface area contributed by atoms with Crippen LogP contribution >= 0.6 is 11.8 Å². The highest BCUT2D eigenvalue weighted by atomic mass is 32.2. The summed E-state index contributed by atoms with van der Waals surface area (Å²) in [6, 6.07) is 0.588. The Bertz CT molecular complexity index is 410. The van der Waals surface area contributed by atoms with Gasteiger partial charge < -0.3 is 10.4 Å². The number of nitrogens with one attached hydrogen (secondary N) is 1. The summed E-state index contributed by atoms with van der Waals surface area (Å²) in [5.41, 5.74) is -0.00156. The van der Waals surface area contributed by atoms with E-state index >= 15 is 0 Å². The lowest BCUT2D eigenvalue weighted by Gasteiger charge is -2.12. The molecule has 0 spiro atoms. The van der Waals surface area contributed by atoms with Crippen molar-refractivity contribution in [1.29, 1.82) is 0 Å². The van der Waals surface area contributed by atoms with Crippen LogP contribution in [0.4, 0.5) is 0 Å². The van der Waals surface area contributed by atoms with Crippen LogP contribution in [0, 0.1) is 0 Å². The number of thioether (sulfide) groups is 1.